The minimum Gasteiger partial charge on any atom is -0.345 e. The number of pyridine rings is 2. The molecular formula is C24H26N4. The van der Waals surface area contributed by atoms with Gasteiger partial charge < -0.3 is 9.47 Å². The quantitative estimate of drug-likeness (QED) is 0.481. The fourth-order valence-corrected chi connectivity index (χ4v) is 3.88. The Labute approximate surface area is 166 Å². The SMILES string of the molecule is CC(CN(C)C)Cn1cc(-c2cncc(-c3ccccc3)c2)c2ncccc21. The number of hydrogen-bond donors (Lipinski definition) is 0. The second-order valence-electron chi connectivity index (χ2n) is 7.76. The lowest BCUT2D eigenvalue weighted by molar-refractivity contribution is 0.318. The van der Waals surface area contributed by atoms with Crippen molar-refractivity contribution >= 4 is 11.0 Å². The molecule has 0 aliphatic carbocycles. The first-order valence-corrected chi connectivity index (χ1v) is 9.71. The van der Waals surface area contributed by atoms with Crippen molar-refractivity contribution in [2.45, 2.75) is 13.5 Å². The first-order valence-electron chi connectivity index (χ1n) is 9.71. The maximum Gasteiger partial charge on any atom is 0.0959 e. The lowest BCUT2D eigenvalue weighted by Gasteiger charge is -2.17. The fraction of sp³-hybridized carbons (Fsp3) is 0.250. The van der Waals surface area contributed by atoms with Gasteiger partial charge in [-0.25, -0.2) is 0 Å². The molecule has 4 aromatic rings. The molecule has 1 unspecified atom stereocenters. The van der Waals surface area contributed by atoms with Crippen molar-refractivity contribution in [2.24, 2.45) is 5.92 Å². The van der Waals surface area contributed by atoms with Crippen molar-refractivity contribution in [3.05, 3.63) is 73.3 Å². The van der Waals surface area contributed by atoms with E-state index in [-0.39, 0.29) is 0 Å². The molecule has 0 saturated carbocycles. The minimum absolute atomic E-state index is 0.549. The average molecular weight is 371 g/mol. The molecule has 1 atom stereocenters. The Bertz CT molecular complexity index is 1070. The molecule has 4 rings (SSSR count). The summed E-state index contributed by atoms with van der Waals surface area (Å²) in [6, 6.07) is 16.8. The van der Waals surface area contributed by atoms with E-state index >= 15 is 0 Å². The number of aromatic nitrogens is 3. The number of rotatable bonds is 6. The second kappa shape index (κ2) is 7.95. The van der Waals surface area contributed by atoms with Crippen LogP contribution in [0.4, 0.5) is 0 Å². The van der Waals surface area contributed by atoms with Gasteiger partial charge in [0.15, 0.2) is 0 Å². The van der Waals surface area contributed by atoms with Crippen molar-refractivity contribution in [1.82, 2.24) is 19.4 Å². The summed E-state index contributed by atoms with van der Waals surface area (Å²) in [5, 5.41) is 0. The number of benzene rings is 1. The van der Waals surface area contributed by atoms with Crippen molar-refractivity contribution < 1.29 is 0 Å². The summed E-state index contributed by atoms with van der Waals surface area (Å²) >= 11 is 0. The van der Waals surface area contributed by atoms with Crippen molar-refractivity contribution in [1.29, 1.82) is 0 Å². The molecule has 3 heterocycles. The molecule has 142 valence electrons. The Morgan fingerprint density at radius 3 is 2.54 bits per heavy atom. The monoisotopic (exact) mass is 370 g/mol. The Hall–Kier alpha value is -2.98. The first kappa shape index (κ1) is 18.4. The van der Waals surface area contributed by atoms with Gasteiger partial charge in [-0.15, -0.1) is 0 Å². The molecule has 0 amide bonds. The maximum atomic E-state index is 4.69. The van der Waals surface area contributed by atoms with Gasteiger partial charge in [0.1, 0.15) is 0 Å². The van der Waals surface area contributed by atoms with Crippen LogP contribution in [0.25, 0.3) is 33.3 Å². The Kier molecular flexibility index (Phi) is 5.22. The molecule has 0 N–H and O–H groups in total. The molecule has 0 bridgehead atoms. The number of fused-ring (bicyclic) bond motifs is 1. The van der Waals surface area contributed by atoms with E-state index in [0.717, 1.165) is 35.3 Å². The van der Waals surface area contributed by atoms with Crippen LogP contribution in [0.2, 0.25) is 0 Å². The molecule has 1 aromatic carbocycles. The lowest BCUT2D eigenvalue weighted by atomic mass is 10.0. The van der Waals surface area contributed by atoms with Gasteiger partial charge in [-0.05, 0) is 43.8 Å². The smallest absolute Gasteiger partial charge is 0.0959 e. The van der Waals surface area contributed by atoms with E-state index in [9.17, 15) is 0 Å². The third-order valence-corrected chi connectivity index (χ3v) is 4.98. The molecule has 0 radical (unpaired) electrons. The van der Waals surface area contributed by atoms with E-state index in [1.165, 1.54) is 11.1 Å². The zero-order valence-corrected chi connectivity index (χ0v) is 16.7. The van der Waals surface area contributed by atoms with E-state index < -0.39 is 0 Å². The fourth-order valence-electron chi connectivity index (χ4n) is 3.88. The average Bonchev–Trinajstić information content (AvgIpc) is 3.07. The summed E-state index contributed by atoms with van der Waals surface area (Å²) in [6.07, 6.45) is 7.96. The molecule has 0 aliphatic rings. The Morgan fingerprint density at radius 2 is 1.75 bits per heavy atom. The summed E-state index contributed by atoms with van der Waals surface area (Å²) in [6.45, 7) is 4.31. The van der Waals surface area contributed by atoms with Gasteiger partial charge in [-0.2, -0.15) is 0 Å². The van der Waals surface area contributed by atoms with E-state index in [1.807, 2.05) is 30.7 Å². The van der Waals surface area contributed by atoms with E-state index in [0.29, 0.717) is 5.92 Å². The predicted molar refractivity (Wildman–Crippen MR) is 116 cm³/mol. The van der Waals surface area contributed by atoms with Gasteiger partial charge in [-0.1, -0.05) is 37.3 Å². The van der Waals surface area contributed by atoms with Gasteiger partial charge >= 0.3 is 0 Å². The summed E-state index contributed by atoms with van der Waals surface area (Å²) < 4.78 is 2.33. The van der Waals surface area contributed by atoms with Crippen LogP contribution >= 0.6 is 0 Å². The van der Waals surface area contributed by atoms with Crippen LogP contribution in [0.5, 0.6) is 0 Å². The zero-order valence-electron chi connectivity index (χ0n) is 16.7. The molecule has 0 aliphatic heterocycles. The molecule has 28 heavy (non-hydrogen) atoms. The zero-order chi connectivity index (χ0) is 19.5. The Balaban J connectivity index is 1.75. The predicted octanol–water partition coefficient (Wildman–Crippen LogP) is 4.96. The van der Waals surface area contributed by atoms with Crippen LogP contribution in [0, 0.1) is 5.92 Å². The van der Waals surface area contributed by atoms with Gasteiger partial charge in [-0.3, -0.25) is 9.97 Å². The largest absolute Gasteiger partial charge is 0.345 e. The summed E-state index contributed by atoms with van der Waals surface area (Å²) in [5.41, 5.74) is 6.74. The summed E-state index contributed by atoms with van der Waals surface area (Å²) in [7, 11) is 4.25. The van der Waals surface area contributed by atoms with Gasteiger partial charge in [0.2, 0.25) is 0 Å². The second-order valence-corrected chi connectivity index (χ2v) is 7.76. The molecule has 3 aromatic heterocycles. The minimum atomic E-state index is 0.549. The van der Waals surface area contributed by atoms with E-state index in [2.05, 4.69) is 83.0 Å². The third-order valence-electron chi connectivity index (χ3n) is 4.98. The highest BCUT2D eigenvalue weighted by molar-refractivity contribution is 5.93. The molecule has 4 heteroatoms. The van der Waals surface area contributed by atoms with Crippen LogP contribution in [-0.4, -0.2) is 40.1 Å². The molecule has 0 saturated heterocycles. The van der Waals surface area contributed by atoms with E-state index in [4.69, 9.17) is 0 Å². The van der Waals surface area contributed by atoms with Crippen molar-refractivity contribution in [3.8, 4) is 22.3 Å². The summed E-state index contributed by atoms with van der Waals surface area (Å²) in [4.78, 5) is 11.4. The summed E-state index contributed by atoms with van der Waals surface area (Å²) in [5.74, 6) is 0.549. The van der Waals surface area contributed by atoms with Crippen LogP contribution in [0.3, 0.4) is 0 Å². The van der Waals surface area contributed by atoms with Crippen molar-refractivity contribution in [2.75, 3.05) is 20.6 Å². The maximum absolute atomic E-state index is 4.69. The highest BCUT2D eigenvalue weighted by Crippen LogP contribution is 2.31. The number of hydrogen-bond acceptors (Lipinski definition) is 3. The molecule has 0 fully saturated rings. The number of nitrogens with zero attached hydrogens (tertiary/aromatic N) is 4. The van der Waals surface area contributed by atoms with Gasteiger partial charge in [0.25, 0.3) is 0 Å². The third kappa shape index (κ3) is 3.82. The first-order chi connectivity index (χ1) is 13.6. The highest BCUT2D eigenvalue weighted by atomic mass is 15.1. The van der Waals surface area contributed by atoms with E-state index in [1.54, 1.807) is 0 Å². The molecule has 0 spiro atoms. The van der Waals surface area contributed by atoms with Crippen LogP contribution in [0.1, 0.15) is 6.92 Å². The topological polar surface area (TPSA) is 34.0 Å². The normalized spacial score (nSPS) is 12.6. The van der Waals surface area contributed by atoms with Gasteiger partial charge in [0.05, 0.1) is 11.0 Å². The van der Waals surface area contributed by atoms with Crippen molar-refractivity contribution in [3.63, 3.8) is 0 Å². The van der Waals surface area contributed by atoms with Crippen LogP contribution < -0.4 is 0 Å². The molecular weight excluding hydrogens is 344 g/mol. The Morgan fingerprint density at radius 1 is 0.964 bits per heavy atom. The van der Waals surface area contributed by atoms with Gasteiger partial charge in [0, 0.05) is 54.6 Å². The van der Waals surface area contributed by atoms with Crippen LogP contribution in [-0.2, 0) is 6.54 Å². The highest BCUT2D eigenvalue weighted by Gasteiger charge is 2.14. The standard InChI is InChI=1S/C24H26N4/c1-18(15-27(2)3)16-28-17-22(24-23(28)10-7-11-26-24)21-12-20(13-25-14-21)19-8-5-4-6-9-19/h4-14,17-18H,15-16H2,1-3H3. The van der Waals surface area contributed by atoms with Crippen LogP contribution in [0.15, 0.2) is 73.3 Å². The molecule has 4 nitrogen and oxygen atoms in total. The lowest BCUT2D eigenvalue weighted by Crippen LogP contribution is -2.22.